The minimum absolute atomic E-state index is 0.0482. The van der Waals surface area contributed by atoms with E-state index < -0.39 is 5.60 Å². The number of carbonyl (C=O) groups excluding carboxylic acids is 1. The molecule has 1 aromatic heterocycles. The van der Waals surface area contributed by atoms with Gasteiger partial charge in [-0.05, 0) is 53.1 Å². The summed E-state index contributed by atoms with van der Waals surface area (Å²) in [5.41, 5.74) is 3.05. The van der Waals surface area contributed by atoms with E-state index in [1.807, 2.05) is 24.3 Å². The van der Waals surface area contributed by atoms with Crippen LogP contribution in [0.2, 0.25) is 10.0 Å². The monoisotopic (exact) mass is 425 g/mol. The van der Waals surface area contributed by atoms with E-state index in [1.54, 1.807) is 35.4 Å². The molecule has 3 aromatic rings. The van der Waals surface area contributed by atoms with Crippen LogP contribution in [0, 0.1) is 0 Å². The summed E-state index contributed by atoms with van der Waals surface area (Å²) in [6, 6.07) is 10.8. The second-order valence-corrected chi connectivity index (χ2v) is 8.37. The summed E-state index contributed by atoms with van der Waals surface area (Å²) in [6.45, 7) is 0.964. The number of carbonyl (C=O) groups is 1. The fourth-order valence-electron chi connectivity index (χ4n) is 4.09. The Morgan fingerprint density at radius 3 is 2.48 bits per heavy atom. The maximum atomic E-state index is 12.7. The fraction of sp³-hybridized carbons (Fsp3) is 0.182. The molecule has 1 fully saturated rings. The number of nitrogens with one attached hydrogen (secondary N) is 1. The van der Waals surface area contributed by atoms with Crippen LogP contribution in [-0.4, -0.2) is 39.2 Å². The average molecular weight is 426 g/mol. The van der Waals surface area contributed by atoms with E-state index in [0.29, 0.717) is 35.1 Å². The highest BCUT2D eigenvalue weighted by Gasteiger charge is 2.38. The summed E-state index contributed by atoms with van der Waals surface area (Å²) in [4.78, 5) is 14.5. The lowest BCUT2D eigenvalue weighted by Gasteiger charge is -2.22. The molecule has 146 valence electrons. The van der Waals surface area contributed by atoms with E-state index >= 15 is 0 Å². The molecule has 2 aromatic carbocycles. The molecule has 2 N–H and O–H groups in total. The van der Waals surface area contributed by atoms with Crippen molar-refractivity contribution in [3.05, 3.63) is 87.1 Å². The van der Waals surface area contributed by atoms with Gasteiger partial charge in [-0.25, -0.2) is 0 Å². The summed E-state index contributed by atoms with van der Waals surface area (Å²) in [5.74, 6) is 0.0482. The Morgan fingerprint density at radius 1 is 1.10 bits per heavy atom. The van der Waals surface area contributed by atoms with Crippen molar-refractivity contribution in [2.45, 2.75) is 12.0 Å². The molecule has 2 heterocycles. The number of aromatic nitrogens is 2. The summed E-state index contributed by atoms with van der Waals surface area (Å²) < 4.78 is 0. The molecular formula is C22H17Cl2N3O2. The molecule has 2 aliphatic rings. The van der Waals surface area contributed by atoms with Gasteiger partial charge in [0, 0.05) is 34.1 Å². The van der Waals surface area contributed by atoms with Gasteiger partial charge in [0.25, 0.3) is 0 Å². The predicted molar refractivity (Wildman–Crippen MR) is 113 cm³/mol. The number of likely N-dealkylation sites (tertiary alicyclic amines) is 1. The number of halogens is 2. The largest absolute Gasteiger partial charge is 0.377 e. The summed E-state index contributed by atoms with van der Waals surface area (Å²) in [7, 11) is 0. The van der Waals surface area contributed by atoms with Crippen molar-refractivity contribution in [2.75, 3.05) is 13.1 Å². The third-order valence-electron chi connectivity index (χ3n) is 5.50. The van der Waals surface area contributed by atoms with Crippen LogP contribution in [0.25, 0.3) is 10.9 Å². The standard InChI is InChI=1S/C22H17Cl2N3O2/c23-16-3-1-13(2-4-16)5-21(28)27-11-14-8-22(29,9-15(14)12-27)19-6-17(24)7-20-18(19)10-25-26-20/h1-4,6-10,29H,5,11-12H2,(H,25,26). The maximum absolute atomic E-state index is 12.7. The highest BCUT2D eigenvalue weighted by atomic mass is 35.5. The number of nitrogens with zero attached hydrogens (tertiary/aromatic N) is 2. The van der Waals surface area contributed by atoms with E-state index in [-0.39, 0.29) is 5.91 Å². The minimum atomic E-state index is -1.26. The van der Waals surface area contributed by atoms with Crippen LogP contribution < -0.4 is 0 Å². The van der Waals surface area contributed by atoms with E-state index in [9.17, 15) is 9.90 Å². The Hall–Kier alpha value is -2.60. The number of aromatic amines is 1. The number of hydrogen-bond donors (Lipinski definition) is 2. The van der Waals surface area contributed by atoms with Crippen LogP contribution in [-0.2, 0) is 16.8 Å². The molecule has 1 aliphatic heterocycles. The third-order valence-corrected chi connectivity index (χ3v) is 5.97. The fourth-order valence-corrected chi connectivity index (χ4v) is 4.43. The van der Waals surface area contributed by atoms with Crippen LogP contribution in [0.1, 0.15) is 11.1 Å². The van der Waals surface area contributed by atoms with Crippen molar-refractivity contribution >= 4 is 40.0 Å². The molecule has 0 bridgehead atoms. The molecule has 0 saturated carbocycles. The number of aliphatic hydroxyl groups is 1. The predicted octanol–water partition coefficient (Wildman–Crippen LogP) is 4.01. The first-order valence-corrected chi connectivity index (χ1v) is 9.98. The van der Waals surface area contributed by atoms with E-state index in [4.69, 9.17) is 23.2 Å². The van der Waals surface area contributed by atoms with Gasteiger partial charge in [-0.3, -0.25) is 9.89 Å². The first-order valence-electron chi connectivity index (χ1n) is 9.23. The average Bonchev–Trinajstić information content (AvgIpc) is 3.36. The van der Waals surface area contributed by atoms with Crippen molar-refractivity contribution < 1.29 is 9.90 Å². The van der Waals surface area contributed by atoms with Crippen LogP contribution in [0.15, 0.2) is 65.9 Å². The Balaban J connectivity index is 1.38. The van der Waals surface area contributed by atoms with Crippen LogP contribution >= 0.6 is 23.2 Å². The quantitative estimate of drug-likeness (QED) is 0.665. The molecule has 0 spiro atoms. The number of amides is 1. The summed E-state index contributed by atoms with van der Waals surface area (Å²) in [6.07, 6.45) is 5.64. The molecule has 1 amide bonds. The Bertz CT molecular complexity index is 1170. The van der Waals surface area contributed by atoms with Crippen LogP contribution in [0.4, 0.5) is 0 Å². The highest BCUT2D eigenvalue weighted by Crippen LogP contribution is 2.42. The molecule has 29 heavy (non-hydrogen) atoms. The first-order chi connectivity index (χ1) is 13.9. The van der Waals surface area contributed by atoms with Gasteiger partial charge in [0.15, 0.2) is 0 Å². The van der Waals surface area contributed by atoms with Gasteiger partial charge in [-0.1, -0.05) is 35.3 Å². The molecular weight excluding hydrogens is 409 g/mol. The zero-order valence-corrected chi connectivity index (χ0v) is 16.8. The lowest BCUT2D eigenvalue weighted by molar-refractivity contribution is -0.129. The lowest BCUT2D eigenvalue weighted by atomic mass is 9.92. The second kappa shape index (κ2) is 6.73. The SMILES string of the molecule is O=C(Cc1ccc(Cl)cc1)N1CC2=CC(O)(c3cc(Cl)cc4[nH]ncc34)C=C2C1. The first kappa shape index (κ1) is 18.4. The zero-order valence-electron chi connectivity index (χ0n) is 15.3. The third kappa shape index (κ3) is 3.25. The van der Waals surface area contributed by atoms with Gasteiger partial charge < -0.3 is 10.0 Å². The van der Waals surface area contributed by atoms with E-state index in [1.165, 1.54) is 0 Å². The lowest BCUT2D eigenvalue weighted by Crippen LogP contribution is -2.30. The van der Waals surface area contributed by atoms with Crippen molar-refractivity contribution in [1.82, 2.24) is 15.1 Å². The molecule has 5 rings (SSSR count). The van der Waals surface area contributed by atoms with Gasteiger partial charge in [-0.2, -0.15) is 5.10 Å². The number of H-pyrrole nitrogens is 1. The smallest absolute Gasteiger partial charge is 0.227 e. The Kier molecular flexibility index (Phi) is 4.28. The Labute approximate surface area is 177 Å². The molecule has 0 radical (unpaired) electrons. The highest BCUT2D eigenvalue weighted by molar-refractivity contribution is 6.31. The topological polar surface area (TPSA) is 69.2 Å². The van der Waals surface area contributed by atoms with Gasteiger partial charge in [0.2, 0.25) is 5.91 Å². The molecule has 7 heteroatoms. The maximum Gasteiger partial charge on any atom is 0.227 e. The number of hydrogen-bond acceptors (Lipinski definition) is 3. The number of benzene rings is 2. The van der Waals surface area contributed by atoms with Crippen molar-refractivity contribution in [2.24, 2.45) is 0 Å². The van der Waals surface area contributed by atoms with E-state index in [0.717, 1.165) is 27.6 Å². The van der Waals surface area contributed by atoms with Crippen LogP contribution in [0.5, 0.6) is 0 Å². The van der Waals surface area contributed by atoms with Gasteiger partial charge in [-0.15, -0.1) is 0 Å². The normalized spacial score (nSPS) is 17.4. The summed E-state index contributed by atoms with van der Waals surface area (Å²) >= 11 is 12.1. The molecule has 1 aliphatic carbocycles. The minimum Gasteiger partial charge on any atom is -0.377 e. The second-order valence-electron chi connectivity index (χ2n) is 7.50. The van der Waals surface area contributed by atoms with Crippen molar-refractivity contribution in [3.8, 4) is 0 Å². The molecule has 0 unspecified atom stereocenters. The van der Waals surface area contributed by atoms with Gasteiger partial charge >= 0.3 is 0 Å². The van der Waals surface area contributed by atoms with Gasteiger partial charge in [0.1, 0.15) is 5.60 Å². The van der Waals surface area contributed by atoms with Crippen molar-refractivity contribution in [1.29, 1.82) is 0 Å². The van der Waals surface area contributed by atoms with E-state index in [2.05, 4.69) is 10.2 Å². The molecule has 5 nitrogen and oxygen atoms in total. The van der Waals surface area contributed by atoms with Crippen molar-refractivity contribution in [3.63, 3.8) is 0 Å². The zero-order chi connectivity index (χ0) is 20.2. The van der Waals surface area contributed by atoms with Gasteiger partial charge in [0.05, 0.1) is 18.1 Å². The number of rotatable bonds is 3. The molecule has 1 saturated heterocycles. The Morgan fingerprint density at radius 2 is 1.79 bits per heavy atom. The number of fused-ring (bicyclic) bond motifs is 2. The molecule has 0 atom stereocenters. The summed E-state index contributed by atoms with van der Waals surface area (Å²) in [5, 5.41) is 20.3. The van der Waals surface area contributed by atoms with Crippen LogP contribution in [0.3, 0.4) is 0 Å².